The van der Waals surface area contributed by atoms with E-state index in [0.717, 1.165) is 38.2 Å². The van der Waals surface area contributed by atoms with Gasteiger partial charge < -0.3 is 15.0 Å². The SMILES string of the molecule is CCNCc1ccc(N2CCCOC(C)C2)c(F)c1. The maximum atomic E-state index is 14.2. The normalized spacial score (nSPS) is 20.4. The first kappa shape index (κ1) is 14.3. The van der Waals surface area contributed by atoms with Crippen molar-refractivity contribution in [3.63, 3.8) is 0 Å². The zero-order valence-corrected chi connectivity index (χ0v) is 11.8. The molecule has 1 aliphatic heterocycles. The number of halogens is 1. The van der Waals surface area contributed by atoms with Crippen LogP contribution in [-0.4, -0.2) is 32.3 Å². The van der Waals surface area contributed by atoms with E-state index in [1.165, 1.54) is 0 Å². The molecule has 1 N–H and O–H groups in total. The molecule has 106 valence electrons. The maximum Gasteiger partial charge on any atom is 0.146 e. The summed E-state index contributed by atoms with van der Waals surface area (Å²) in [6, 6.07) is 5.52. The van der Waals surface area contributed by atoms with Crippen molar-refractivity contribution in [2.45, 2.75) is 32.9 Å². The quantitative estimate of drug-likeness (QED) is 0.906. The molecule has 1 heterocycles. The molecular formula is C15H23FN2O. The average molecular weight is 266 g/mol. The Bertz CT molecular complexity index is 411. The number of nitrogens with zero attached hydrogens (tertiary/aromatic N) is 1. The fourth-order valence-corrected chi connectivity index (χ4v) is 2.40. The molecule has 0 saturated carbocycles. The second kappa shape index (κ2) is 6.87. The van der Waals surface area contributed by atoms with E-state index >= 15 is 0 Å². The van der Waals surface area contributed by atoms with E-state index in [1.807, 2.05) is 26.0 Å². The molecule has 4 heteroatoms. The number of anilines is 1. The molecule has 1 unspecified atom stereocenters. The molecule has 0 aromatic heterocycles. The van der Waals surface area contributed by atoms with Crippen LogP contribution in [0.15, 0.2) is 18.2 Å². The number of ether oxygens (including phenoxy) is 1. The summed E-state index contributed by atoms with van der Waals surface area (Å²) in [4.78, 5) is 2.09. The molecule has 1 saturated heterocycles. The monoisotopic (exact) mass is 266 g/mol. The van der Waals surface area contributed by atoms with Gasteiger partial charge in [0.15, 0.2) is 0 Å². The first-order chi connectivity index (χ1) is 9.20. The van der Waals surface area contributed by atoms with E-state index in [1.54, 1.807) is 6.07 Å². The predicted molar refractivity (Wildman–Crippen MR) is 76.0 cm³/mol. The Kier molecular flexibility index (Phi) is 5.16. The number of benzene rings is 1. The minimum atomic E-state index is -0.135. The molecule has 0 spiro atoms. The summed E-state index contributed by atoms with van der Waals surface area (Å²) < 4.78 is 19.8. The molecule has 1 aromatic carbocycles. The van der Waals surface area contributed by atoms with Crippen LogP contribution in [0.4, 0.5) is 10.1 Å². The molecule has 2 rings (SSSR count). The number of nitrogens with one attached hydrogen (secondary N) is 1. The van der Waals surface area contributed by atoms with Gasteiger partial charge in [0.2, 0.25) is 0 Å². The van der Waals surface area contributed by atoms with Gasteiger partial charge in [0.25, 0.3) is 0 Å². The maximum absolute atomic E-state index is 14.2. The molecule has 1 atom stereocenters. The minimum absolute atomic E-state index is 0.135. The van der Waals surface area contributed by atoms with Crippen molar-refractivity contribution >= 4 is 5.69 Å². The smallest absolute Gasteiger partial charge is 0.146 e. The Morgan fingerprint density at radius 2 is 2.32 bits per heavy atom. The van der Waals surface area contributed by atoms with Gasteiger partial charge in [-0.3, -0.25) is 0 Å². The van der Waals surface area contributed by atoms with E-state index < -0.39 is 0 Å². The number of hydrogen-bond donors (Lipinski definition) is 1. The second-order valence-corrected chi connectivity index (χ2v) is 5.05. The summed E-state index contributed by atoms with van der Waals surface area (Å²) in [5.74, 6) is -0.135. The summed E-state index contributed by atoms with van der Waals surface area (Å²) in [5.41, 5.74) is 1.68. The topological polar surface area (TPSA) is 24.5 Å². The minimum Gasteiger partial charge on any atom is -0.377 e. The Balaban J connectivity index is 2.10. The fraction of sp³-hybridized carbons (Fsp3) is 0.600. The highest BCUT2D eigenvalue weighted by atomic mass is 19.1. The highest BCUT2D eigenvalue weighted by Gasteiger charge is 2.18. The lowest BCUT2D eigenvalue weighted by Gasteiger charge is -2.25. The lowest BCUT2D eigenvalue weighted by atomic mass is 10.1. The van der Waals surface area contributed by atoms with E-state index in [2.05, 4.69) is 10.2 Å². The van der Waals surface area contributed by atoms with Crippen molar-refractivity contribution in [1.29, 1.82) is 0 Å². The summed E-state index contributed by atoms with van der Waals surface area (Å²) in [7, 11) is 0. The van der Waals surface area contributed by atoms with Crippen LogP contribution in [0.2, 0.25) is 0 Å². The molecule has 19 heavy (non-hydrogen) atoms. The van der Waals surface area contributed by atoms with Gasteiger partial charge in [-0.1, -0.05) is 13.0 Å². The van der Waals surface area contributed by atoms with E-state index in [9.17, 15) is 4.39 Å². The fourth-order valence-electron chi connectivity index (χ4n) is 2.40. The van der Waals surface area contributed by atoms with Gasteiger partial charge in [0, 0.05) is 26.2 Å². The molecular weight excluding hydrogens is 243 g/mol. The molecule has 0 radical (unpaired) electrons. The van der Waals surface area contributed by atoms with Crippen molar-refractivity contribution in [2.24, 2.45) is 0 Å². The van der Waals surface area contributed by atoms with Crippen LogP contribution in [0.25, 0.3) is 0 Å². The summed E-state index contributed by atoms with van der Waals surface area (Å²) in [5, 5.41) is 3.21. The largest absolute Gasteiger partial charge is 0.377 e. The third kappa shape index (κ3) is 3.91. The van der Waals surface area contributed by atoms with E-state index in [0.29, 0.717) is 12.2 Å². The number of hydrogen-bond acceptors (Lipinski definition) is 3. The first-order valence-electron chi connectivity index (χ1n) is 7.06. The Morgan fingerprint density at radius 1 is 1.47 bits per heavy atom. The van der Waals surface area contributed by atoms with Crippen molar-refractivity contribution in [3.8, 4) is 0 Å². The standard InChI is InChI=1S/C15H23FN2O/c1-3-17-10-13-5-6-15(14(16)9-13)18-7-4-8-19-12(2)11-18/h5-6,9,12,17H,3-4,7-8,10-11H2,1-2H3. The van der Waals surface area contributed by atoms with Gasteiger partial charge in [0.1, 0.15) is 5.82 Å². The molecule has 1 aromatic rings. The third-order valence-corrected chi connectivity index (χ3v) is 3.38. The van der Waals surface area contributed by atoms with Crippen molar-refractivity contribution in [1.82, 2.24) is 5.32 Å². The van der Waals surface area contributed by atoms with Gasteiger partial charge >= 0.3 is 0 Å². The van der Waals surface area contributed by atoms with Crippen LogP contribution in [0.3, 0.4) is 0 Å². The van der Waals surface area contributed by atoms with Gasteiger partial charge in [0.05, 0.1) is 11.8 Å². The number of rotatable bonds is 4. The Morgan fingerprint density at radius 3 is 3.05 bits per heavy atom. The summed E-state index contributed by atoms with van der Waals surface area (Å²) in [6.45, 7) is 8.06. The first-order valence-corrected chi connectivity index (χ1v) is 7.06. The van der Waals surface area contributed by atoms with Gasteiger partial charge in [-0.15, -0.1) is 0 Å². The highest BCUT2D eigenvalue weighted by Crippen LogP contribution is 2.22. The average Bonchev–Trinajstić information content (AvgIpc) is 2.61. The zero-order valence-electron chi connectivity index (χ0n) is 11.8. The van der Waals surface area contributed by atoms with Gasteiger partial charge in [-0.2, -0.15) is 0 Å². The van der Waals surface area contributed by atoms with E-state index in [4.69, 9.17) is 4.74 Å². The zero-order chi connectivity index (χ0) is 13.7. The Labute approximate surface area is 114 Å². The van der Waals surface area contributed by atoms with Crippen LogP contribution < -0.4 is 10.2 Å². The highest BCUT2D eigenvalue weighted by molar-refractivity contribution is 5.49. The molecule has 3 nitrogen and oxygen atoms in total. The van der Waals surface area contributed by atoms with Crippen molar-refractivity contribution in [2.75, 3.05) is 31.1 Å². The van der Waals surface area contributed by atoms with Crippen molar-refractivity contribution in [3.05, 3.63) is 29.6 Å². The molecule has 0 bridgehead atoms. The van der Waals surface area contributed by atoms with Crippen LogP contribution >= 0.6 is 0 Å². The van der Waals surface area contributed by atoms with Crippen LogP contribution in [0.1, 0.15) is 25.8 Å². The van der Waals surface area contributed by atoms with Gasteiger partial charge in [-0.05, 0) is 37.6 Å². The van der Waals surface area contributed by atoms with Crippen LogP contribution in [0.5, 0.6) is 0 Å². The molecule has 1 aliphatic rings. The Hall–Kier alpha value is -1.13. The van der Waals surface area contributed by atoms with Gasteiger partial charge in [-0.25, -0.2) is 4.39 Å². The molecule has 1 fully saturated rings. The van der Waals surface area contributed by atoms with E-state index in [-0.39, 0.29) is 11.9 Å². The van der Waals surface area contributed by atoms with Crippen LogP contribution in [-0.2, 0) is 11.3 Å². The summed E-state index contributed by atoms with van der Waals surface area (Å²) in [6.07, 6.45) is 1.10. The van der Waals surface area contributed by atoms with Crippen molar-refractivity contribution < 1.29 is 9.13 Å². The van der Waals surface area contributed by atoms with Crippen LogP contribution in [0, 0.1) is 5.82 Å². The summed E-state index contributed by atoms with van der Waals surface area (Å²) >= 11 is 0. The third-order valence-electron chi connectivity index (χ3n) is 3.38. The lowest BCUT2D eigenvalue weighted by molar-refractivity contribution is 0.0820. The molecule has 0 aliphatic carbocycles. The second-order valence-electron chi connectivity index (χ2n) is 5.05. The molecule has 0 amide bonds. The predicted octanol–water partition coefficient (Wildman–Crippen LogP) is 2.55. The lowest BCUT2D eigenvalue weighted by Crippen LogP contribution is -2.30.